The SMILES string of the molecule is COc1c(O)ccc2c1[C@@H](Cc1ccc(O)cc1)NCC2. The van der Waals surface area contributed by atoms with Gasteiger partial charge in [-0.2, -0.15) is 0 Å². The van der Waals surface area contributed by atoms with E-state index in [-0.39, 0.29) is 17.5 Å². The van der Waals surface area contributed by atoms with Crippen LogP contribution in [0.3, 0.4) is 0 Å². The lowest BCUT2D eigenvalue weighted by Gasteiger charge is -2.29. The van der Waals surface area contributed by atoms with Gasteiger partial charge in [0.25, 0.3) is 0 Å². The Bertz CT molecular complexity index is 637. The summed E-state index contributed by atoms with van der Waals surface area (Å²) in [7, 11) is 1.58. The second kappa shape index (κ2) is 5.66. The third-order valence-electron chi connectivity index (χ3n) is 3.98. The highest BCUT2D eigenvalue weighted by Crippen LogP contribution is 2.39. The molecule has 21 heavy (non-hydrogen) atoms. The number of nitrogens with one attached hydrogen (secondary N) is 1. The van der Waals surface area contributed by atoms with Crippen LogP contribution in [0.5, 0.6) is 17.2 Å². The van der Waals surface area contributed by atoms with Crippen LogP contribution in [-0.2, 0) is 12.8 Å². The molecule has 3 rings (SSSR count). The Labute approximate surface area is 124 Å². The van der Waals surface area contributed by atoms with Crippen LogP contribution in [0.25, 0.3) is 0 Å². The van der Waals surface area contributed by atoms with Crippen LogP contribution in [0, 0.1) is 0 Å². The van der Waals surface area contributed by atoms with Gasteiger partial charge in [0.05, 0.1) is 7.11 Å². The molecule has 0 saturated heterocycles. The van der Waals surface area contributed by atoms with E-state index in [0.717, 1.165) is 30.5 Å². The van der Waals surface area contributed by atoms with Crippen LogP contribution in [0.4, 0.5) is 0 Å². The summed E-state index contributed by atoms with van der Waals surface area (Å²) in [6, 6.07) is 11.0. The lowest BCUT2D eigenvalue weighted by atomic mass is 9.89. The Hall–Kier alpha value is -2.20. The highest BCUT2D eigenvalue weighted by molar-refractivity contribution is 5.53. The van der Waals surface area contributed by atoms with E-state index >= 15 is 0 Å². The number of aromatic hydroxyl groups is 2. The molecule has 1 atom stereocenters. The molecule has 1 heterocycles. The molecule has 3 N–H and O–H groups in total. The normalized spacial score (nSPS) is 17.3. The lowest BCUT2D eigenvalue weighted by molar-refractivity contribution is 0.357. The molecule has 4 heteroatoms. The van der Waals surface area contributed by atoms with Crippen molar-refractivity contribution in [2.75, 3.05) is 13.7 Å². The van der Waals surface area contributed by atoms with E-state index in [0.29, 0.717) is 5.75 Å². The second-order valence-corrected chi connectivity index (χ2v) is 5.32. The lowest BCUT2D eigenvalue weighted by Crippen LogP contribution is -2.31. The number of benzene rings is 2. The standard InChI is InChI=1S/C17H19NO3/c1-21-17-15(20)7-4-12-8-9-18-14(16(12)17)10-11-2-5-13(19)6-3-11/h2-7,14,18-20H,8-10H2,1H3/t14-/m1/s1. The number of fused-ring (bicyclic) bond motifs is 1. The molecule has 0 unspecified atom stereocenters. The molecule has 2 aromatic rings. The molecule has 0 radical (unpaired) electrons. The van der Waals surface area contributed by atoms with Gasteiger partial charge < -0.3 is 20.3 Å². The average molecular weight is 285 g/mol. The van der Waals surface area contributed by atoms with Gasteiger partial charge in [0.2, 0.25) is 0 Å². The molecule has 0 amide bonds. The summed E-state index contributed by atoms with van der Waals surface area (Å²) in [6.45, 7) is 0.906. The third-order valence-corrected chi connectivity index (χ3v) is 3.98. The summed E-state index contributed by atoms with van der Waals surface area (Å²) in [5.41, 5.74) is 3.38. The number of rotatable bonds is 3. The van der Waals surface area contributed by atoms with Crippen LogP contribution in [0.2, 0.25) is 0 Å². The van der Waals surface area contributed by atoms with Gasteiger partial charge in [0, 0.05) is 11.6 Å². The Morgan fingerprint density at radius 1 is 1.14 bits per heavy atom. The molecule has 1 aliphatic heterocycles. The Kier molecular flexibility index (Phi) is 3.71. The fraction of sp³-hybridized carbons (Fsp3) is 0.294. The van der Waals surface area contributed by atoms with Crippen molar-refractivity contribution in [2.24, 2.45) is 0 Å². The fourth-order valence-corrected chi connectivity index (χ4v) is 2.97. The number of hydrogen-bond donors (Lipinski definition) is 3. The summed E-state index contributed by atoms with van der Waals surface area (Å²) >= 11 is 0. The van der Waals surface area contributed by atoms with Crippen molar-refractivity contribution in [3.05, 3.63) is 53.1 Å². The summed E-state index contributed by atoms with van der Waals surface area (Å²) < 4.78 is 5.40. The molecule has 4 nitrogen and oxygen atoms in total. The molecule has 0 aliphatic carbocycles. The van der Waals surface area contributed by atoms with E-state index in [9.17, 15) is 10.2 Å². The maximum atomic E-state index is 10.0. The van der Waals surface area contributed by atoms with Gasteiger partial charge in [-0.15, -0.1) is 0 Å². The Morgan fingerprint density at radius 2 is 1.90 bits per heavy atom. The Balaban J connectivity index is 1.96. The summed E-state index contributed by atoms with van der Waals surface area (Å²) in [5.74, 6) is 1.00. The van der Waals surface area contributed by atoms with Gasteiger partial charge in [-0.25, -0.2) is 0 Å². The zero-order chi connectivity index (χ0) is 14.8. The van der Waals surface area contributed by atoms with Crippen molar-refractivity contribution in [2.45, 2.75) is 18.9 Å². The first-order chi connectivity index (χ1) is 10.2. The average Bonchev–Trinajstić information content (AvgIpc) is 2.50. The predicted molar refractivity (Wildman–Crippen MR) is 80.9 cm³/mol. The molecule has 0 spiro atoms. The van der Waals surface area contributed by atoms with Crippen molar-refractivity contribution in [3.8, 4) is 17.2 Å². The quantitative estimate of drug-likeness (QED) is 0.811. The van der Waals surface area contributed by atoms with Crippen molar-refractivity contribution < 1.29 is 14.9 Å². The highest BCUT2D eigenvalue weighted by Gasteiger charge is 2.25. The topological polar surface area (TPSA) is 61.7 Å². The molecule has 0 fully saturated rings. The largest absolute Gasteiger partial charge is 0.508 e. The monoisotopic (exact) mass is 285 g/mol. The van der Waals surface area contributed by atoms with Crippen LogP contribution < -0.4 is 10.1 Å². The van der Waals surface area contributed by atoms with E-state index in [4.69, 9.17) is 4.74 Å². The molecular weight excluding hydrogens is 266 g/mol. The fourth-order valence-electron chi connectivity index (χ4n) is 2.97. The third kappa shape index (κ3) is 2.67. The predicted octanol–water partition coefficient (Wildman–Crippen LogP) is 2.54. The molecule has 110 valence electrons. The van der Waals surface area contributed by atoms with Crippen molar-refractivity contribution in [3.63, 3.8) is 0 Å². The zero-order valence-electron chi connectivity index (χ0n) is 12.0. The summed E-state index contributed by atoms with van der Waals surface area (Å²) in [6.07, 6.45) is 1.71. The van der Waals surface area contributed by atoms with E-state index in [1.807, 2.05) is 18.2 Å². The first-order valence-corrected chi connectivity index (χ1v) is 7.09. The van der Waals surface area contributed by atoms with Crippen molar-refractivity contribution in [1.82, 2.24) is 5.32 Å². The maximum Gasteiger partial charge on any atom is 0.165 e. The van der Waals surface area contributed by atoms with E-state index in [2.05, 4.69) is 5.32 Å². The van der Waals surface area contributed by atoms with Crippen LogP contribution in [0.1, 0.15) is 22.7 Å². The van der Waals surface area contributed by atoms with Crippen molar-refractivity contribution in [1.29, 1.82) is 0 Å². The minimum Gasteiger partial charge on any atom is -0.508 e. The van der Waals surface area contributed by atoms with Crippen LogP contribution >= 0.6 is 0 Å². The van der Waals surface area contributed by atoms with Crippen LogP contribution in [0.15, 0.2) is 36.4 Å². The smallest absolute Gasteiger partial charge is 0.165 e. The second-order valence-electron chi connectivity index (χ2n) is 5.32. The molecule has 0 saturated carbocycles. The molecular formula is C17H19NO3. The molecule has 2 aromatic carbocycles. The van der Waals surface area contributed by atoms with Gasteiger partial charge in [-0.1, -0.05) is 18.2 Å². The summed E-state index contributed by atoms with van der Waals surface area (Å²) in [4.78, 5) is 0. The number of phenols is 2. The van der Waals surface area contributed by atoms with Gasteiger partial charge >= 0.3 is 0 Å². The number of ether oxygens (including phenoxy) is 1. The van der Waals surface area contributed by atoms with Gasteiger partial charge in [0.1, 0.15) is 5.75 Å². The summed E-state index contributed by atoms with van der Waals surface area (Å²) in [5, 5.41) is 22.9. The number of hydrogen-bond acceptors (Lipinski definition) is 4. The zero-order valence-corrected chi connectivity index (χ0v) is 12.0. The van der Waals surface area contributed by atoms with Crippen molar-refractivity contribution >= 4 is 0 Å². The minimum absolute atomic E-state index is 0.0975. The van der Waals surface area contributed by atoms with E-state index in [1.165, 1.54) is 5.56 Å². The number of methoxy groups -OCH3 is 1. The van der Waals surface area contributed by atoms with Gasteiger partial charge in [-0.3, -0.25) is 0 Å². The van der Waals surface area contributed by atoms with E-state index in [1.54, 1.807) is 25.3 Å². The Morgan fingerprint density at radius 3 is 2.62 bits per heavy atom. The minimum atomic E-state index is 0.0975. The molecule has 1 aliphatic rings. The van der Waals surface area contributed by atoms with E-state index < -0.39 is 0 Å². The van der Waals surface area contributed by atoms with Gasteiger partial charge in [-0.05, 0) is 48.7 Å². The van der Waals surface area contributed by atoms with Crippen LogP contribution in [-0.4, -0.2) is 23.9 Å². The highest BCUT2D eigenvalue weighted by atomic mass is 16.5. The molecule has 0 aromatic heterocycles. The first-order valence-electron chi connectivity index (χ1n) is 7.09. The molecule has 0 bridgehead atoms. The first kappa shape index (κ1) is 13.8. The number of phenolic OH excluding ortho intramolecular Hbond substituents is 2. The maximum absolute atomic E-state index is 10.0. The van der Waals surface area contributed by atoms with Gasteiger partial charge in [0.15, 0.2) is 11.5 Å².